The van der Waals surface area contributed by atoms with Crippen molar-refractivity contribution in [2.24, 2.45) is 5.73 Å². The highest BCUT2D eigenvalue weighted by atomic mass is 32.1. The highest BCUT2D eigenvalue weighted by Gasteiger charge is 2.06. The van der Waals surface area contributed by atoms with Crippen LogP contribution in [0.5, 0.6) is 0 Å². The van der Waals surface area contributed by atoms with Crippen LogP contribution in [0.1, 0.15) is 12.1 Å². The van der Waals surface area contributed by atoms with Crippen molar-refractivity contribution in [2.45, 2.75) is 6.42 Å². The molecule has 0 aliphatic rings. The minimum atomic E-state index is 0.0143. The van der Waals surface area contributed by atoms with E-state index in [-0.39, 0.29) is 10.9 Å². The van der Waals surface area contributed by atoms with Gasteiger partial charge in [-0.1, -0.05) is 12.2 Å². The van der Waals surface area contributed by atoms with E-state index >= 15 is 0 Å². The molecule has 0 aromatic carbocycles. The minimum absolute atomic E-state index is 0.0143. The van der Waals surface area contributed by atoms with Crippen molar-refractivity contribution in [2.75, 3.05) is 25.5 Å². The van der Waals surface area contributed by atoms with Crippen LogP contribution in [0.25, 0.3) is 0 Å². The van der Waals surface area contributed by atoms with Gasteiger partial charge in [-0.2, -0.15) is 0 Å². The summed E-state index contributed by atoms with van der Waals surface area (Å²) in [4.78, 5) is 17.4. The molecule has 5 nitrogen and oxygen atoms in total. The van der Waals surface area contributed by atoms with Gasteiger partial charge in [0.25, 0.3) is 0 Å². The van der Waals surface area contributed by atoms with E-state index in [0.717, 1.165) is 5.69 Å². The Labute approximate surface area is 106 Å². The fraction of sp³-hybridized carbons (Fsp3) is 0.364. The third kappa shape index (κ3) is 3.99. The SMILES string of the molecule is CNC(=O)CCN(C)c1ccnc(C(N)=S)c1. The molecule has 0 spiro atoms. The number of amides is 1. The number of carbonyl (C=O) groups is 1. The van der Waals surface area contributed by atoms with Gasteiger partial charge in [-0.15, -0.1) is 0 Å². The Morgan fingerprint density at radius 3 is 2.94 bits per heavy atom. The first kappa shape index (κ1) is 13.4. The van der Waals surface area contributed by atoms with Crippen LogP contribution >= 0.6 is 12.2 Å². The van der Waals surface area contributed by atoms with Crippen LogP contribution in [0.15, 0.2) is 18.3 Å². The lowest BCUT2D eigenvalue weighted by Gasteiger charge is -2.19. The Kier molecular flexibility index (Phi) is 4.84. The predicted octanol–water partition coefficient (Wildman–Crippen LogP) is 0.288. The Bertz CT molecular complexity index is 422. The number of hydrogen-bond acceptors (Lipinski definition) is 4. The Hall–Kier alpha value is -1.69. The summed E-state index contributed by atoms with van der Waals surface area (Å²) in [6.07, 6.45) is 2.10. The van der Waals surface area contributed by atoms with E-state index in [1.165, 1.54) is 0 Å². The van der Waals surface area contributed by atoms with Gasteiger partial charge in [0.05, 0.1) is 5.69 Å². The summed E-state index contributed by atoms with van der Waals surface area (Å²) in [5.74, 6) is 0.0143. The summed E-state index contributed by atoms with van der Waals surface area (Å²) in [7, 11) is 3.53. The number of nitrogens with two attached hydrogens (primary N) is 1. The molecule has 0 atom stereocenters. The fourth-order valence-electron chi connectivity index (χ4n) is 1.31. The maximum atomic E-state index is 11.1. The summed E-state index contributed by atoms with van der Waals surface area (Å²) in [5.41, 5.74) is 7.04. The van der Waals surface area contributed by atoms with Crippen molar-refractivity contribution in [1.82, 2.24) is 10.3 Å². The van der Waals surface area contributed by atoms with Gasteiger partial charge in [0.1, 0.15) is 4.99 Å². The minimum Gasteiger partial charge on any atom is -0.388 e. The number of rotatable bonds is 5. The number of thiocarbonyl (C=S) groups is 1. The second-order valence-electron chi connectivity index (χ2n) is 3.61. The van der Waals surface area contributed by atoms with Gasteiger partial charge in [0.15, 0.2) is 0 Å². The van der Waals surface area contributed by atoms with Crippen molar-refractivity contribution < 1.29 is 4.79 Å². The second-order valence-corrected chi connectivity index (χ2v) is 4.05. The van der Waals surface area contributed by atoms with E-state index < -0.39 is 0 Å². The molecule has 17 heavy (non-hydrogen) atoms. The van der Waals surface area contributed by atoms with E-state index in [1.807, 2.05) is 24.1 Å². The molecule has 1 aromatic rings. The molecule has 92 valence electrons. The number of nitrogens with one attached hydrogen (secondary N) is 1. The lowest BCUT2D eigenvalue weighted by Crippen LogP contribution is -2.26. The molecule has 0 unspecified atom stereocenters. The third-order valence-corrected chi connectivity index (χ3v) is 2.60. The van der Waals surface area contributed by atoms with Gasteiger partial charge < -0.3 is 16.0 Å². The molecule has 1 rings (SSSR count). The Morgan fingerprint density at radius 1 is 1.65 bits per heavy atom. The third-order valence-electron chi connectivity index (χ3n) is 2.39. The summed E-state index contributed by atoms with van der Waals surface area (Å²) >= 11 is 4.87. The number of pyridine rings is 1. The van der Waals surface area contributed by atoms with Crippen LogP contribution < -0.4 is 16.0 Å². The number of hydrogen-bond donors (Lipinski definition) is 2. The van der Waals surface area contributed by atoms with Crippen LogP contribution in [0.2, 0.25) is 0 Å². The molecule has 0 radical (unpaired) electrons. The van der Waals surface area contributed by atoms with Gasteiger partial charge in [0.2, 0.25) is 5.91 Å². The molecule has 0 fully saturated rings. The molecule has 0 bridgehead atoms. The fourth-order valence-corrected chi connectivity index (χ4v) is 1.43. The molecule has 1 aromatic heterocycles. The van der Waals surface area contributed by atoms with Crippen molar-refractivity contribution in [3.63, 3.8) is 0 Å². The van der Waals surface area contributed by atoms with Crippen molar-refractivity contribution in [3.05, 3.63) is 24.0 Å². The standard InChI is InChI=1S/C11H16N4OS/c1-13-10(16)4-6-15(2)8-3-5-14-9(7-8)11(12)17/h3,5,7H,4,6H2,1-2H3,(H2,12,17)(H,13,16). The van der Waals surface area contributed by atoms with E-state index in [9.17, 15) is 4.79 Å². The first-order valence-electron chi connectivity index (χ1n) is 5.22. The molecule has 0 aliphatic heterocycles. The number of aromatic nitrogens is 1. The Morgan fingerprint density at radius 2 is 2.35 bits per heavy atom. The molecule has 0 saturated heterocycles. The maximum Gasteiger partial charge on any atom is 0.221 e. The molecular weight excluding hydrogens is 236 g/mol. The lowest BCUT2D eigenvalue weighted by atomic mass is 10.2. The maximum absolute atomic E-state index is 11.1. The quantitative estimate of drug-likeness (QED) is 0.737. The molecule has 1 heterocycles. The largest absolute Gasteiger partial charge is 0.388 e. The van der Waals surface area contributed by atoms with E-state index in [1.54, 1.807) is 13.2 Å². The van der Waals surface area contributed by atoms with Gasteiger partial charge in [-0.05, 0) is 12.1 Å². The van der Waals surface area contributed by atoms with Crippen LogP contribution in [0.4, 0.5) is 5.69 Å². The normalized spacial score (nSPS) is 9.76. The summed E-state index contributed by atoms with van der Waals surface area (Å²) in [6, 6.07) is 3.66. The predicted molar refractivity (Wildman–Crippen MR) is 72.1 cm³/mol. The molecule has 0 aliphatic carbocycles. The average Bonchev–Trinajstić information content (AvgIpc) is 2.35. The molecule has 3 N–H and O–H groups in total. The average molecular weight is 252 g/mol. The zero-order valence-electron chi connectivity index (χ0n) is 9.93. The molecule has 1 amide bonds. The zero-order chi connectivity index (χ0) is 12.8. The van der Waals surface area contributed by atoms with Crippen molar-refractivity contribution in [1.29, 1.82) is 0 Å². The van der Waals surface area contributed by atoms with E-state index in [4.69, 9.17) is 18.0 Å². The van der Waals surface area contributed by atoms with Crippen molar-refractivity contribution in [3.8, 4) is 0 Å². The van der Waals surface area contributed by atoms with Crippen molar-refractivity contribution >= 4 is 28.8 Å². The molecular formula is C11H16N4OS. The Balaban J connectivity index is 2.68. The topological polar surface area (TPSA) is 71.2 Å². The number of anilines is 1. The lowest BCUT2D eigenvalue weighted by molar-refractivity contribution is -0.120. The smallest absolute Gasteiger partial charge is 0.221 e. The van der Waals surface area contributed by atoms with E-state index in [2.05, 4.69) is 10.3 Å². The van der Waals surface area contributed by atoms with Gasteiger partial charge in [-0.3, -0.25) is 9.78 Å². The monoisotopic (exact) mass is 252 g/mol. The molecule has 0 saturated carbocycles. The first-order valence-corrected chi connectivity index (χ1v) is 5.63. The van der Waals surface area contributed by atoms with Crippen LogP contribution in [-0.4, -0.2) is 36.5 Å². The number of carbonyl (C=O) groups excluding carboxylic acids is 1. The van der Waals surface area contributed by atoms with Gasteiger partial charge in [0, 0.05) is 38.9 Å². The highest BCUT2D eigenvalue weighted by molar-refractivity contribution is 7.80. The summed E-state index contributed by atoms with van der Waals surface area (Å²) in [5, 5.41) is 2.58. The van der Waals surface area contributed by atoms with Crippen LogP contribution in [-0.2, 0) is 4.79 Å². The summed E-state index contributed by atoms with van der Waals surface area (Å²) in [6.45, 7) is 0.625. The first-order chi connectivity index (χ1) is 8.04. The van der Waals surface area contributed by atoms with Crippen LogP contribution in [0, 0.1) is 0 Å². The van der Waals surface area contributed by atoms with Crippen LogP contribution in [0.3, 0.4) is 0 Å². The highest BCUT2D eigenvalue weighted by Crippen LogP contribution is 2.13. The van der Waals surface area contributed by atoms with E-state index in [0.29, 0.717) is 18.7 Å². The second kappa shape index (κ2) is 6.15. The molecule has 6 heteroatoms. The summed E-state index contributed by atoms with van der Waals surface area (Å²) < 4.78 is 0. The zero-order valence-corrected chi connectivity index (χ0v) is 10.8. The van der Waals surface area contributed by atoms with Gasteiger partial charge >= 0.3 is 0 Å². The van der Waals surface area contributed by atoms with Gasteiger partial charge in [-0.25, -0.2) is 0 Å². The number of nitrogens with zero attached hydrogens (tertiary/aromatic N) is 2.